The maximum Gasteiger partial charge on any atom is 0.118 e. The fourth-order valence-electron chi connectivity index (χ4n) is 3.09. The average Bonchev–Trinajstić information content (AvgIpc) is 2.47. The van der Waals surface area contributed by atoms with Gasteiger partial charge in [0, 0.05) is 5.41 Å². The van der Waals surface area contributed by atoms with Gasteiger partial charge in [-0.3, -0.25) is 0 Å². The number of methoxy groups -OCH3 is 2. The number of hydrogen-bond acceptors (Lipinski definition) is 2. The van der Waals surface area contributed by atoms with Crippen LogP contribution in [0.5, 0.6) is 11.5 Å². The van der Waals surface area contributed by atoms with E-state index in [1.807, 2.05) is 0 Å². The molecule has 1 aliphatic rings. The van der Waals surface area contributed by atoms with Crippen molar-refractivity contribution in [3.05, 3.63) is 59.7 Å². The van der Waals surface area contributed by atoms with Crippen molar-refractivity contribution < 1.29 is 9.47 Å². The third-order valence-electron chi connectivity index (χ3n) is 4.49. The van der Waals surface area contributed by atoms with E-state index in [4.69, 9.17) is 9.47 Å². The van der Waals surface area contributed by atoms with Crippen molar-refractivity contribution in [1.82, 2.24) is 0 Å². The molecule has 0 bridgehead atoms. The van der Waals surface area contributed by atoms with Crippen molar-refractivity contribution in [2.75, 3.05) is 14.2 Å². The Kier molecular flexibility index (Phi) is 3.39. The molecule has 0 unspecified atom stereocenters. The van der Waals surface area contributed by atoms with E-state index in [2.05, 4.69) is 48.5 Å². The Morgan fingerprint density at radius 2 is 1.10 bits per heavy atom. The minimum Gasteiger partial charge on any atom is -0.497 e. The molecular weight excluding hydrogens is 248 g/mol. The molecule has 0 heterocycles. The Labute approximate surface area is 120 Å². The topological polar surface area (TPSA) is 18.5 Å². The van der Waals surface area contributed by atoms with E-state index in [-0.39, 0.29) is 5.41 Å². The van der Waals surface area contributed by atoms with E-state index in [1.54, 1.807) is 14.2 Å². The van der Waals surface area contributed by atoms with Crippen LogP contribution in [0.1, 0.15) is 30.4 Å². The average molecular weight is 268 g/mol. The molecule has 0 saturated heterocycles. The van der Waals surface area contributed by atoms with Crippen LogP contribution < -0.4 is 9.47 Å². The van der Waals surface area contributed by atoms with Gasteiger partial charge in [-0.1, -0.05) is 30.7 Å². The maximum atomic E-state index is 5.25. The van der Waals surface area contributed by atoms with Gasteiger partial charge in [0.15, 0.2) is 0 Å². The highest BCUT2D eigenvalue weighted by atomic mass is 16.5. The molecule has 3 rings (SSSR count). The van der Waals surface area contributed by atoms with Crippen molar-refractivity contribution in [3.63, 3.8) is 0 Å². The van der Waals surface area contributed by atoms with Gasteiger partial charge in [-0.2, -0.15) is 0 Å². The van der Waals surface area contributed by atoms with Crippen LogP contribution in [0, 0.1) is 0 Å². The molecule has 0 aromatic heterocycles. The summed E-state index contributed by atoms with van der Waals surface area (Å²) in [5.74, 6) is 1.83. The first kappa shape index (κ1) is 13.0. The van der Waals surface area contributed by atoms with E-state index in [1.165, 1.54) is 30.4 Å². The van der Waals surface area contributed by atoms with Gasteiger partial charge in [0.25, 0.3) is 0 Å². The molecule has 1 saturated carbocycles. The molecule has 2 heteroatoms. The smallest absolute Gasteiger partial charge is 0.118 e. The third kappa shape index (κ3) is 2.05. The Morgan fingerprint density at radius 1 is 0.700 bits per heavy atom. The summed E-state index contributed by atoms with van der Waals surface area (Å²) >= 11 is 0. The summed E-state index contributed by atoms with van der Waals surface area (Å²) in [6.45, 7) is 0. The van der Waals surface area contributed by atoms with Crippen molar-refractivity contribution in [3.8, 4) is 11.5 Å². The standard InChI is InChI=1S/C18H20O2/c1-19-16-8-4-14(5-9-16)18(12-3-13-18)15-6-10-17(20-2)11-7-15/h4-11H,3,12-13H2,1-2H3. The summed E-state index contributed by atoms with van der Waals surface area (Å²) in [7, 11) is 3.41. The van der Waals surface area contributed by atoms with Crippen LogP contribution in [-0.2, 0) is 5.41 Å². The van der Waals surface area contributed by atoms with Crippen LogP contribution in [0.3, 0.4) is 0 Å². The monoisotopic (exact) mass is 268 g/mol. The minimum absolute atomic E-state index is 0.179. The molecule has 2 aromatic rings. The van der Waals surface area contributed by atoms with Crippen LogP contribution in [0.4, 0.5) is 0 Å². The highest BCUT2D eigenvalue weighted by Gasteiger charge is 2.40. The van der Waals surface area contributed by atoms with Gasteiger partial charge >= 0.3 is 0 Å². The summed E-state index contributed by atoms with van der Waals surface area (Å²) in [6.07, 6.45) is 3.72. The lowest BCUT2D eigenvalue weighted by Crippen LogP contribution is -2.35. The van der Waals surface area contributed by atoms with Crippen LogP contribution in [0.15, 0.2) is 48.5 Å². The first-order chi connectivity index (χ1) is 9.78. The van der Waals surface area contributed by atoms with Gasteiger partial charge in [-0.05, 0) is 48.2 Å². The molecule has 0 spiro atoms. The molecular formula is C18H20O2. The predicted octanol–water partition coefficient (Wildman–Crippen LogP) is 4.17. The van der Waals surface area contributed by atoms with Crippen LogP contribution in [0.25, 0.3) is 0 Å². The summed E-state index contributed by atoms with van der Waals surface area (Å²) in [5.41, 5.74) is 2.95. The Hall–Kier alpha value is -1.96. The van der Waals surface area contributed by atoms with Gasteiger partial charge in [0.05, 0.1) is 14.2 Å². The largest absolute Gasteiger partial charge is 0.497 e. The second-order valence-corrected chi connectivity index (χ2v) is 5.39. The Morgan fingerprint density at radius 3 is 1.35 bits per heavy atom. The van der Waals surface area contributed by atoms with Crippen LogP contribution in [-0.4, -0.2) is 14.2 Å². The summed E-state index contributed by atoms with van der Waals surface area (Å²) in [4.78, 5) is 0. The number of rotatable bonds is 4. The zero-order valence-corrected chi connectivity index (χ0v) is 12.1. The van der Waals surface area contributed by atoms with Gasteiger partial charge in [0.2, 0.25) is 0 Å². The molecule has 0 aliphatic heterocycles. The van der Waals surface area contributed by atoms with Gasteiger partial charge in [-0.25, -0.2) is 0 Å². The van der Waals surface area contributed by atoms with Crippen molar-refractivity contribution >= 4 is 0 Å². The highest BCUT2D eigenvalue weighted by molar-refractivity contribution is 5.45. The fraction of sp³-hybridized carbons (Fsp3) is 0.333. The lowest BCUT2D eigenvalue weighted by Gasteiger charge is -2.43. The molecule has 104 valence electrons. The molecule has 1 aliphatic carbocycles. The molecule has 2 nitrogen and oxygen atoms in total. The van der Waals surface area contributed by atoms with E-state index < -0.39 is 0 Å². The predicted molar refractivity (Wildman–Crippen MR) is 80.6 cm³/mol. The Bertz CT molecular complexity index is 516. The zero-order chi connectivity index (χ0) is 14.0. The fourth-order valence-corrected chi connectivity index (χ4v) is 3.09. The summed E-state index contributed by atoms with van der Waals surface area (Å²) < 4.78 is 10.5. The van der Waals surface area contributed by atoms with E-state index in [0.29, 0.717) is 0 Å². The molecule has 0 radical (unpaired) electrons. The van der Waals surface area contributed by atoms with E-state index >= 15 is 0 Å². The lowest BCUT2D eigenvalue weighted by atomic mass is 9.60. The van der Waals surface area contributed by atoms with Crippen LogP contribution >= 0.6 is 0 Å². The third-order valence-corrected chi connectivity index (χ3v) is 4.49. The maximum absolute atomic E-state index is 5.25. The molecule has 0 N–H and O–H groups in total. The second-order valence-electron chi connectivity index (χ2n) is 5.39. The molecule has 2 aromatic carbocycles. The summed E-state index contributed by atoms with van der Waals surface area (Å²) in [5, 5.41) is 0. The Balaban J connectivity index is 1.96. The first-order valence-electron chi connectivity index (χ1n) is 7.07. The van der Waals surface area contributed by atoms with E-state index in [9.17, 15) is 0 Å². The first-order valence-corrected chi connectivity index (χ1v) is 7.07. The zero-order valence-electron chi connectivity index (χ0n) is 12.1. The SMILES string of the molecule is COc1ccc(C2(c3ccc(OC)cc3)CCC2)cc1. The van der Waals surface area contributed by atoms with Gasteiger partial charge < -0.3 is 9.47 Å². The van der Waals surface area contributed by atoms with Crippen molar-refractivity contribution in [1.29, 1.82) is 0 Å². The normalized spacial score (nSPS) is 16.3. The lowest BCUT2D eigenvalue weighted by molar-refractivity contribution is 0.300. The molecule has 0 amide bonds. The van der Waals surface area contributed by atoms with Crippen LogP contribution in [0.2, 0.25) is 0 Å². The minimum atomic E-state index is 0.179. The second kappa shape index (κ2) is 5.20. The van der Waals surface area contributed by atoms with Crippen molar-refractivity contribution in [2.45, 2.75) is 24.7 Å². The van der Waals surface area contributed by atoms with Gasteiger partial charge in [0.1, 0.15) is 11.5 Å². The highest BCUT2D eigenvalue weighted by Crippen LogP contribution is 2.49. The molecule has 0 atom stereocenters. The molecule has 1 fully saturated rings. The van der Waals surface area contributed by atoms with Crippen molar-refractivity contribution in [2.24, 2.45) is 0 Å². The van der Waals surface area contributed by atoms with Gasteiger partial charge in [-0.15, -0.1) is 0 Å². The number of benzene rings is 2. The van der Waals surface area contributed by atoms with E-state index in [0.717, 1.165) is 11.5 Å². The molecule has 20 heavy (non-hydrogen) atoms. The quantitative estimate of drug-likeness (QED) is 0.828. The summed E-state index contributed by atoms with van der Waals surface area (Å²) in [6, 6.07) is 17.0. The number of ether oxygens (including phenoxy) is 2. The number of hydrogen-bond donors (Lipinski definition) is 0.